The topological polar surface area (TPSA) is 70.6 Å². The van der Waals surface area contributed by atoms with Gasteiger partial charge in [-0.05, 0) is 37.3 Å². The van der Waals surface area contributed by atoms with Crippen LogP contribution in [0.15, 0.2) is 35.4 Å². The predicted octanol–water partition coefficient (Wildman–Crippen LogP) is 4.19. The summed E-state index contributed by atoms with van der Waals surface area (Å²) in [7, 11) is 0. The molecule has 2 aromatic rings. The molecule has 23 heavy (non-hydrogen) atoms. The molecular weight excluding hydrogens is 381 g/mol. The summed E-state index contributed by atoms with van der Waals surface area (Å²) in [6.45, 7) is 1.69. The highest BCUT2D eigenvalue weighted by atomic mass is 35.5. The maximum Gasteiger partial charge on any atom is 0.329 e. The minimum Gasteiger partial charge on any atom is -0.318 e. The van der Waals surface area contributed by atoms with Crippen molar-refractivity contribution >= 4 is 69.4 Å². The average molecular weight is 391 g/mol. The number of rotatable bonds is 3. The summed E-state index contributed by atoms with van der Waals surface area (Å²) < 4.78 is 0.609. The van der Waals surface area contributed by atoms with Gasteiger partial charge in [-0.2, -0.15) is 5.10 Å². The zero-order valence-corrected chi connectivity index (χ0v) is 14.8. The number of anilines is 1. The molecule has 0 saturated heterocycles. The van der Waals surface area contributed by atoms with Crippen molar-refractivity contribution in [1.29, 1.82) is 0 Å². The van der Waals surface area contributed by atoms with Crippen molar-refractivity contribution in [2.45, 2.75) is 6.92 Å². The first kappa shape index (κ1) is 17.7. The molecule has 0 spiro atoms. The molecule has 0 atom stereocenters. The first-order valence-corrected chi connectivity index (χ1v) is 8.18. The number of nitrogens with one attached hydrogen (secondary N) is 2. The van der Waals surface area contributed by atoms with Crippen LogP contribution < -0.4 is 10.7 Å². The molecule has 0 fully saturated rings. The Labute approximate surface area is 151 Å². The van der Waals surface area contributed by atoms with Gasteiger partial charge < -0.3 is 5.32 Å². The molecule has 2 amide bonds. The van der Waals surface area contributed by atoms with Crippen LogP contribution in [0.2, 0.25) is 14.4 Å². The number of thiophene rings is 1. The molecule has 5 nitrogen and oxygen atoms in total. The van der Waals surface area contributed by atoms with Crippen molar-refractivity contribution in [2.24, 2.45) is 5.10 Å². The third-order valence-corrected chi connectivity index (χ3v) is 4.72. The van der Waals surface area contributed by atoms with Gasteiger partial charge in [-0.1, -0.05) is 34.8 Å². The van der Waals surface area contributed by atoms with Crippen molar-refractivity contribution in [2.75, 3.05) is 5.32 Å². The van der Waals surface area contributed by atoms with E-state index >= 15 is 0 Å². The van der Waals surface area contributed by atoms with E-state index in [0.29, 0.717) is 20.8 Å². The first-order chi connectivity index (χ1) is 10.9. The highest BCUT2D eigenvalue weighted by Crippen LogP contribution is 2.25. The molecule has 0 saturated carbocycles. The van der Waals surface area contributed by atoms with Crippen LogP contribution in [0, 0.1) is 0 Å². The van der Waals surface area contributed by atoms with E-state index in [1.165, 1.54) is 29.5 Å². The fraction of sp³-hybridized carbons (Fsp3) is 0.0714. The number of nitrogens with zero attached hydrogens (tertiary/aromatic N) is 1. The van der Waals surface area contributed by atoms with E-state index < -0.39 is 11.8 Å². The summed E-state index contributed by atoms with van der Waals surface area (Å²) in [4.78, 5) is 24.3. The Balaban J connectivity index is 1.97. The van der Waals surface area contributed by atoms with Gasteiger partial charge in [-0.15, -0.1) is 11.3 Å². The molecular formula is C14H10Cl3N3O2S. The van der Waals surface area contributed by atoms with Crippen molar-refractivity contribution in [3.8, 4) is 0 Å². The van der Waals surface area contributed by atoms with Crippen LogP contribution >= 0.6 is 46.1 Å². The lowest BCUT2D eigenvalue weighted by molar-refractivity contribution is -0.136. The maximum absolute atomic E-state index is 11.8. The van der Waals surface area contributed by atoms with E-state index in [4.69, 9.17) is 34.8 Å². The minimum atomic E-state index is -0.905. The molecule has 0 aliphatic heterocycles. The lowest BCUT2D eigenvalue weighted by atomic mass is 10.3. The molecule has 0 unspecified atom stereocenters. The van der Waals surface area contributed by atoms with Gasteiger partial charge in [0.2, 0.25) is 0 Å². The lowest BCUT2D eigenvalue weighted by Gasteiger charge is -2.05. The molecule has 1 heterocycles. The molecule has 0 radical (unpaired) electrons. The summed E-state index contributed by atoms with van der Waals surface area (Å²) in [5.41, 5.74) is 3.07. The second-order valence-corrected chi connectivity index (χ2v) is 6.85. The first-order valence-electron chi connectivity index (χ1n) is 6.23. The van der Waals surface area contributed by atoms with Crippen LogP contribution in [-0.4, -0.2) is 17.5 Å². The SMILES string of the molecule is CC(=NNC(=O)C(=O)Nc1ccc(Cl)c(Cl)c1)c1ccc(Cl)s1. The molecule has 120 valence electrons. The normalized spacial score (nSPS) is 11.2. The van der Waals surface area contributed by atoms with Crippen molar-refractivity contribution < 1.29 is 9.59 Å². The van der Waals surface area contributed by atoms with E-state index in [-0.39, 0.29) is 5.02 Å². The molecule has 2 rings (SSSR count). The monoisotopic (exact) mass is 389 g/mol. The van der Waals surface area contributed by atoms with Crippen LogP contribution in [0.4, 0.5) is 5.69 Å². The quantitative estimate of drug-likeness (QED) is 0.469. The Morgan fingerprint density at radius 1 is 1.04 bits per heavy atom. The summed E-state index contributed by atoms with van der Waals surface area (Å²) in [6, 6.07) is 7.98. The molecule has 0 aliphatic rings. The third-order valence-electron chi connectivity index (χ3n) is 2.64. The number of carbonyl (C=O) groups excluding carboxylic acids is 2. The Morgan fingerprint density at radius 3 is 2.39 bits per heavy atom. The number of hydrazone groups is 1. The third kappa shape index (κ3) is 4.94. The zero-order valence-electron chi connectivity index (χ0n) is 11.7. The maximum atomic E-state index is 11.8. The van der Waals surface area contributed by atoms with E-state index in [1.807, 2.05) is 0 Å². The zero-order chi connectivity index (χ0) is 17.0. The number of hydrogen-bond donors (Lipinski definition) is 2. The Morgan fingerprint density at radius 2 is 1.78 bits per heavy atom. The van der Waals surface area contributed by atoms with Crippen LogP contribution in [0.5, 0.6) is 0 Å². The lowest BCUT2D eigenvalue weighted by Crippen LogP contribution is -2.32. The van der Waals surface area contributed by atoms with Gasteiger partial charge in [0.1, 0.15) is 0 Å². The van der Waals surface area contributed by atoms with E-state index in [2.05, 4.69) is 15.8 Å². The van der Waals surface area contributed by atoms with Crippen molar-refractivity contribution in [3.63, 3.8) is 0 Å². The highest BCUT2D eigenvalue weighted by Gasteiger charge is 2.14. The van der Waals surface area contributed by atoms with Crippen LogP contribution in [0.3, 0.4) is 0 Å². The van der Waals surface area contributed by atoms with Crippen LogP contribution in [0.1, 0.15) is 11.8 Å². The number of hydrogen-bond acceptors (Lipinski definition) is 4. The molecule has 2 N–H and O–H groups in total. The van der Waals surface area contributed by atoms with Crippen molar-refractivity contribution in [3.05, 3.63) is 49.6 Å². The minimum absolute atomic E-state index is 0.272. The largest absolute Gasteiger partial charge is 0.329 e. The van der Waals surface area contributed by atoms with Crippen LogP contribution in [0.25, 0.3) is 0 Å². The number of benzene rings is 1. The summed E-state index contributed by atoms with van der Waals surface area (Å²) in [5.74, 6) is -1.78. The van der Waals surface area contributed by atoms with Crippen LogP contribution in [-0.2, 0) is 9.59 Å². The van der Waals surface area contributed by atoms with Gasteiger partial charge in [-0.3, -0.25) is 9.59 Å². The standard InChI is InChI=1S/C14H10Cl3N3O2S/c1-7(11-4-5-12(17)23-11)19-20-14(22)13(21)18-8-2-3-9(15)10(16)6-8/h2-6H,1H3,(H,18,21)(H,20,22). The molecule has 0 aliphatic carbocycles. The van der Waals surface area contributed by atoms with Gasteiger partial charge in [-0.25, -0.2) is 5.43 Å². The van der Waals surface area contributed by atoms with Gasteiger partial charge in [0, 0.05) is 5.69 Å². The van der Waals surface area contributed by atoms with Gasteiger partial charge in [0.15, 0.2) is 0 Å². The van der Waals surface area contributed by atoms with Gasteiger partial charge >= 0.3 is 11.8 Å². The molecule has 0 bridgehead atoms. The van der Waals surface area contributed by atoms with Gasteiger partial charge in [0.05, 0.1) is 25.0 Å². The second-order valence-electron chi connectivity index (χ2n) is 4.32. The number of halogens is 3. The molecule has 1 aromatic heterocycles. The van der Waals surface area contributed by atoms with E-state index in [1.54, 1.807) is 19.1 Å². The second kappa shape index (κ2) is 7.79. The fourth-order valence-corrected chi connectivity index (χ4v) is 2.80. The Bertz CT molecular complexity index is 789. The van der Waals surface area contributed by atoms with Gasteiger partial charge in [0.25, 0.3) is 0 Å². The van der Waals surface area contributed by atoms with E-state index in [0.717, 1.165) is 4.88 Å². The smallest absolute Gasteiger partial charge is 0.318 e. The Kier molecular flexibility index (Phi) is 6.01. The molecule has 1 aromatic carbocycles. The number of amides is 2. The Hall–Kier alpha value is -1.60. The average Bonchev–Trinajstić information content (AvgIpc) is 2.94. The highest BCUT2D eigenvalue weighted by molar-refractivity contribution is 7.18. The van der Waals surface area contributed by atoms with Crippen molar-refractivity contribution in [1.82, 2.24) is 5.43 Å². The fourth-order valence-electron chi connectivity index (χ4n) is 1.51. The summed E-state index contributed by atoms with van der Waals surface area (Å²) in [5, 5.41) is 6.88. The predicted molar refractivity (Wildman–Crippen MR) is 94.8 cm³/mol. The number of carbonyl (C=O) groups is 2. The summed E-state index contributed by atoms with van der Waals surface area (Å²) >= 11 is 18.7. The molecule has 9 heteroatoms. The summed E-state index contributed by atoms with van der Waals surface area (Å²) in [6.07, 6.45) is 0. The van der Waals surface area contributed by atoms with E-state index in [9.17, 15) is 9.59 Å².